The van der Waals surface area contributed by atoms with E-state index in [0.29, 0.717) is 5.69 Å². The predicted molar refractivity (Wildman–Crippen MR) is 67.4 cm³/mol. The number of carbonyl (C=O) groups excluding carboxylic acids is 2. The lowest BCUT2D eigenvalue weighted by Crippen LogP contribution is -2.38. The number of aryl methyl sites for hydroxylation is 1. The molecule has 0 radical (unpaired) electrons. The van der Waals surface area contributed by atoms with Gasteiger partial charge in [0.1, 0.15) is 5.69 Å². The highest BCUT2D eigenvalue weighted by molar-refractivity contribution is 6.28. The minimum absolute atomic E-state index is 0.00744. The summed E-state index contributed by atoms with van der Waals surface area (Å²) in [5, 5.41) is 0.0192. The molecule has 0 N–H and O–H groups in total. The zero-order valence-electron chi connectivity index (χ0n) is 10.8. The van der Waals surface area contributed by atoms with Crippen molar-refractivity contribution in [3.63, 3.8) is 0 Å². The van der Waals surface area contributed by atoms with Crippen LogP contribution >= 0.6 is 11.6 Å². The fourth-order valence-electron chi connectivity index (χ4n) is 1.25. The van der Waals surface area contributed by atoms with Crippen LogP contribution in [-0.2, 0) is 4.79 Å². The van der Waals surface area contributed by atoms with E-state index in [-0.39, 0.29) is 29.3 Å². The number of likely N-dealkylation sites (N-methyl/N-ethyl adjacent to an activating group) is 2. The van der Waals surface area contributed by atoms with Crippen molar-refractivity contribution in [3.8, 4) is 0 Å². The second-order valence-corrected chi connectivity index (χ2v) is 4.45. The minimum atomic E-state index is -0.363. The second-order valence-electron chi connectivity index (χ2n) is 4.11. The van der Waals surface area contributed by atoms with Crippen LogP contribution in [0.5, 0.6) is 0 Å². The highest BCUT2D eigenvalue weighted by Crippen LogP contribution is 2.07. The molecule has 0 aromatic carbocycles. The van der Waals surface area contributed by atoms with Gasteiger partial charge in [-0.25, -0.2) is 9.97 Å². The molecule has 0 aliphatic carbocycles. The molecule has 0 saturated heterocycles. The van der Waals surface area contributed by atoms with Crippen LogP contribution in [0, 0.1) is 6.92 Å². The number of hydrogen-bond donors (Lipinski definition) is 0. The standard InChI is InChI=1S/C11H15ClN4O2/c1-7-5-8(14-11(12)13-7)10(18)16(4)6-9(17)15(2)3/h5H,6H2,1-4H3. The molecule has 0 aliphatic heterocycles. The number of hydrogen-bond acceptors (Lipinski definition) is 4. The molecule has 2 amide bonds. The number of amides is 2. The molecule has 18 heavy (non-hydrogen) atoms. The molecule has 98 valence electrons. The van der Waals surface area contributed by atoms with E-state index in [1.807, 2.05) is 0 Å². The molecule has 7 heteroatoms. The molecule has 1 heterocycles. The van der Waals surface area contributed by atoms with Crippen LogP contribution in [0.1, 0.15) is 16.2 Å². The number of nitrogens with zero attached hydrogens (tertiary/aromatic N) is 4. The van der Waals surface area contributed by atoms with Crippen LogP contribution in [0.15, 0.2) is 6.07 Å². The molecule has 0 spiro atoms. The van der Waals surface area contributed by atoms with Gasteiger partial charge in [-0.1, -0.05) is 0 Å². The van der Waals surface area contributed by atoms with E-state index in [1.54, 1.807) is 21.0 Å². The summed E-state index contributed by atoms with van der Waals surface area (Å²) < 4.78 is 0. The number of aromatic nitrogens is 2. The highest BCUT2D eigenvalue weighted by Gasteiger charge is 2.18. The maximum Gasteiger partial charge on any atom is 0.272 e. The average Bonchev–Trinajstić information content (AvgIpc) is 2.26. The van der Waals surface area contributed by atoms with Crippen molar-refractivity contribution in [2.75, 3.05) is 27.7 Å². The summed E-state index contributed by atoms with van der Waals surface area (Å²) in [6.07, 6.45) is 0. The van der Waals surface area contributed by atoms with Crippen molar-refractivity contribution in [1.82, 2.24) is 19.8 Å². The molecule has 0 fully saturated rings. The smallest absolute Gasteiger partial charge is 0.272 e. The lowest BCUT2D eigenvalue weighted by Gasteiger charge is -2.18. The van der Waals surface area contributed by atoms with E-state index in [1.165, 1.54) is 22.9 Å². The van der Waals surface area contributed by atoms with Gasteiger partial charge < -0.3 is 9.80 Å². The Kier molecular flexibility index (Phi) is 4.61. The molecular weight excluding hydrogens is 256 g/mol. The summed E-state index contributed by atoms with van der Waals surface area (Å²) in [5.74, 6) is -0.527. The summed E-state index contributed by atoms with van der Waals surface area (Å²) in [6.45, 7) is 1.71. The lowest BCUT2D eigenvalue weighted by atomic mass is 10.3. The molecule has 0 unspecified atom stereocenters. The first-order chi connectivity index (χ1) is 8.31. The summed E-state index contributed by atoms with van der Waals surface area (Å²) in [4.78, 5) is 33.9. The second kappa shape index (κ2) is 5.77. The Bertz CT molecular complexity index is 456. The Morgan fingerprint density at radius 2 is 1.89 bits per heavy atom. The number of halogens is 1. The van der Waals surface area contributed by atoms with Gasteiger partial charge in [-0.05, 0) is 24.6 Å². The van der Waals surface area contributed by atoms with E-state index in [9.17, 15) is 9.59 Å². The Morgan fingerprint density at radius 1 is 1.28 bits per heavy atom. The lowest BCUT2D eigenvalue weighted by molar-refractivity contribution is -0.129. The van der Waals surface area contributed by atoms with Crippen LogP contribution in [0.4, 0.5) is 0 Å². The maximum absolute atomic E-state index is 12.0. The van der Waals surface area contributed by atoms with Crippen molar-refractivity contribution in [3.05, 3.63) is 22.7 Å². The van der Waals surface area contributed by atoms with Gasteiger partial charge in [0.15, 0.2) is 0 Å². The third kappa shape index (κ3) is 3.66. The van der Waals surface area contributed by atoms with E-state index in [2.05, 4.69) is 9.97 Å². The van der Waals surface area contributed by atoms with Crippen molar-refractivity contribution >= 4 is 23.4 Å². The summed E-state index contributed by atoms with van der Waals surface area (Å²) in [6, 6.07) is 1.53. The highest BCUT2D eigenvalue weighted by atomic mass is 35.5. The first kappa shape index (κ1) is 14.4. The monoisotopic (exact) mass is 270 g/mol. The first-order valence-corrected chi connectivity index (χ1v) is 5.66. The largest absolute Gasteiger partial charge is 0.347 e. The van der Waals surface area contributed by atoms with Crippen LogP contribution < -0.4 is 0 Å². The van der Waals surface area contributed by atoms with E-state index in [0.717, 1.165) is 0 Å². The van der Waals surface area contributed by atoms with Crippen LogP contribution in [0.25, 0.3) is 0 Å². The molecule has 0 bridgehead atoms. The van der Waals surface area contributed by atoms with Crippen molar-refractivity contribution < 1.29 is 9.59 Å². The molecule has 0 saturated carbocycles. The van der Waals surface area contributed by atoms with Gasteiger partial charge in [-0.3, -0.25) is 9.59 Å². The van der Waals surface area contributed by atoms with Gasteiger partial charge in [-0.15, -0.1) is 0 Å². The third-order valence-corrected chi connectivity index (χ3v) is 2.43. The summed E-state index contributed by atoms with van der Waals surface area (Å²) >= 11 is 5.69. The average molecular weight is 271 g/mol. The zero-order valence-corrected chi connectivity index (χ0v) is 11.5. The normalized spacial score (nSPS) is 10.1. The molecule has 1 aromatic rings. The summed E-state index contributed by atoms with van der Waals surface area (Å²) in [7, 11) is 4.80. The van der Waals surface area contributed by atoms with Crippen molar-refractivity contribution in [2.24, 2.45) is 0 Å². The minimum Gasteiger partial charge on any atom is -0.347 e. The number of carbonyl (C=O) groups is 2. The molecule has 0 atom stereocenters. The Hall–Kier alpha value is -1.69. The van der Waals surface area contributed by atoms with Gasteiger partial charge in [0, 0.05) is 26.8 Å². The third-order valence-electron chi connectivity index (χ3n) is 2.26. The van der Waals surface area contributed by atoms with Gasteiger partial charge >= 0.3 is 0 Å². The molecule has 6 nitrogen and oxygen atoms in total. The SMILES string of the molecule is Cc1cc(C(=O)N(C)CC(=O)N(C)C)nc(Cl)n1. The van der Waals surface area contributed by atoms with E-state index < -0.39 is 0 Å². The van der Waals surface area contributed by atoms with E-state index in [4.69, 9.17) is 11.6 Å². The predicted octanol–water partition coefficient (Wildman–Crippen LogP) is 0.599. The van der Waals surface area contributed by atoms with E-state index >= 15 is 0 Å². The van der Waals surface area contributed by atoms with Crippen LogP contribution in [0.3, 0.4) is 0 Å². The fraction of sp³-hybridized carbons (Fsp3) is 0.455. The Balaban J connectivity index is 2.83. The van der Waals surface area contributed by atoms with Crippen molar-refractivity contribution in [1.29, 1.82) is 0 Å². The molecule has 0 aliphatic rings. The quantitative estimate of drug-likeness (QED) is 0.755. The topological polar surface area (TPSA) is 66.4 Å². The fourth-order valence-corrected chi connectivity index (χ4v) is 1.48. The Morgan fingerprint density at radius 3 is 2.39 bits per heavy atom. The Labute approximate surface area is 111 Å². The van der Waals surface area contributed by atoms with Gasteiger partial charge in [0.05, 0.1) is 6.54 Å². The maximum atomic E-state index is 12.0. The molecule has 1 rings (SSSR count). The molecule has 1 aromatic heterocycles. The van der Waals surface area contributed by atoms with Crippen LogP contribution in [-0.4, -0.2) is 59.3 Å². The van der Waals surface area contributed by atoms with Gasteiger partial charge in [0.2, 0.25) is 11.2 Å². The van der Waals surface area contributed by atoms with Gasteiger partial charge in [-0.2, -0.15) is 0 Å². The molecular formula is C11H15ClN4O2. The van der Waals surface area contributed by atoms with Crippen LogP contribution in [0.2, 0.25) is 5.28 Å². The number of rotatable bonds is 3. The first-order valence-electron chi connectivity index (χ1n) is 5.28. The zero-order chi connectivity index (χ0) is 13.9. The van der Waals surface area contributed by atoms with Gasteiger partial charge in [0.25, 0.3) is 5.91 Å². The van der Waals surface area contributed by atoms with Crippen molar-refractivity contribution in [2.45, 2.75) is 6.92 Å². The summed E-state index contributed by atoms with van der Waals surface area (Å²) in [5.41, 5.74) is 0.784.